The van der Waals surface area contributed by atoms with Crippen molar-refractivity contribution in [2.45, 2.75) is 6.04 Å². The van der Waals surface area contributed by atoms with Crippen molar-refractivity contribution >= 4 is 11.0 Å². The lowest BCUT2D eigenvalue weighted by Crippen LogP contribution is -2.18. The molecule has 0 aliphatic heterocycles. The molecule has 5 nitrogen and oxygen atoms in total. The summed E-state index contributed by atoms with van der Waals surface area (Å²) >= 11 is 0. The third-order valence-corrected chi connectivity index (χ3v) is 2.78. The van der Waals surface area contributed by atoms with Crippen molar-refractivity contribution < 1.29 is 8.81 Å². The van der Waals surface area contributed by atoms with Gasteiger partial charge in [0.15, 0.2) is 0 Å². The first-order valence-corrected chi connectivity index (χ1v) is 5.49. The molecule has 0 aliphatic rings. The number of hydrogen-bond donors (Lipinski definition) is 2. The molecule has 0 aliphatic carbocycles. The zero-order valence-corrected chi connectivity index (χ0v) is 9.64. The third kappa shape index (κ3) is 1.76. The van der Waals surface area contributed by atoms with E-state index in [2.05, 4.69) is 20.5 Å². The Bertz CT molecular complexity index is 662. The molecular formula is C12H11FN4O. The largest absolute Gasteiger partial charge is 0.459 e. The van der Waals surface area contributed by atoms with Gasteiger partial charge in [-0.05, 0) is 31.3 Å². The quantitative estimate of drug-likeness (QED) is 0.741. The lowest BCUT2D eigenvalue weighted by Gasteiger charge is -2.09. The van der Waals surface area contributed by atoms with E-state index in [1.165, 1.54) is 18.5 Å². The van der Waals surface area contributed by atoms with Gasteiger partial charge in [0.05, 0.1) is 0 Å². The van der Waals surface area contributed by atoms with Crippen LogP contribution >= 0.6 is 0 Å². The molecule has 0 spiro atoms. The zero-order chi connectivity index (χ0) is 12.5. The summed E-state index contributed by atoms with van der Waals surface area (Å²) in [4.78, 5) is 4.09. The van der Waals surface area contributed by atoms with Crippen LogP contribution in [-0.2, 0) is 0 Å². The molecule has 0 fully saturated rings. The maximum Gasteiger partial charge on any atom is 0.149 e. The smallest absolute Gasteiger partial charge is 0.149 e. The molecule has 1 unspecified atom stereocenters. The lowest BCUT2D eigenvalue weighted by molar-refractivity contribution is 0.479. The number of nitrogens with one attached hydrogen (secondary N) is 2. The van der Waals surface area contributed by atoms with Crippen LogP contribution in [-0.4, -0.2) is 22.2 Å². The minimum atomic E-state index is -0.282. The molecular weight excluding hydrogens is 235 g/mol. The van der Waals surface area contributed by atoms with Crippen LogP contribution in [0.2, 0.25) is 0 Å². The maximum atomic E-state index is 13.1. The Balaban J connectivity index is 2.07. The minimum Gasteiger partial charge on any atom is -0.459 e. The SMILES string of the molecule is CNC(c1ncn[nH]1)c1cc2cc(F)ccc2o1. The molecule has 1 atom stereocenters. The maximum absolute atomic E-state index is 13.1. The number of nitrogens with zero attached hydrogens (tertiary/aromatic N) is 2. The molecule has 2 N–H and O–H groups in total. The van der Waals surface area contributed by atoms with Crippen LogP contribution in [0.15, 0.2) is 35.0 Å². The summed E-state index contributed by atoms with van der Waals surface area (Å²) in [5.74, 6) is 1.03. The molecule has 6 heteroatoms. The molecule has 2 heterocycles. The highest BCUT2D eigenvalue weighted by molar-refractivity contribution is 5.78. The minimum absolute atomic E-state index is 0.233. The summed E-state index contributed by atoms with van der Waals surface area (Å²) in [7, 11) is 1.79. The van der Waals surface area contributed by atoms with Crippen LogP contribution in [0.25, 0.3) is 11.0 Å². The summed E-state index contributed by atoms with van der Waals surface area (Å²) in [6.45, 7) is 0. The van der Waals surface area contributed by atoms with Crippen molar-refractivity contribution in [1.82, 2.24) is 20.5 Å². The molecule has 0 radical (unpaired) electrons. The highest BCUT2D eigenvalue weighted by atomic mass is 19.1. The van der Waals surface area contributed by atoms with E-state index in [9.17, 15) is 4.39 Å². The molecule has 3 aromatic rings. The van der Waals surface area contributed by atoms with Crippen molar-refractivity contribution in [3.05, 3.63) is 48.0 Å². The Morgan fingerprint density at radius 3 is 3.00 bits per heavy atom. The Kier molecular flexibility index (Phi) is 2.56. The monoisotopic (exact) mass is 246 g/mol. The predicted molar refractivity (Wildman–Crippen MR) is 63.5 cm³/mol. The second-order valence-corrected chi connectivity index (χ2v) is 3.92. The van der Waals surface area contributed by atoms with Gasteiger partial charge in [-0.2, -0.15) is 5.10 Å². The summed E-state index contributed by atoms with van der Waals surface area (Å²) in [5.41, 5.74) is 0.645. The molecule has 0 amide bonds. The van der Waals surface area contributed by atoms with Crippen LogP contribution in [0.5, 0.6) is 0 Å². The van der Waals surface area contributed by atoms with E-state index < -0.39 is 0 Å². The first-order chi connectivity index (χ1) is 8.78. The topological polar surface area (TPSA) is 66.7 Å². The molecule has 0 bridgehead atoms. The standard InChI is InChI=1S/C12H11FN4O/c1-14-11(12-15-6-16-17-12)10-5-7-4-8(13)2-3-9(7)18-10/h2-6,11,14H,1H3,(H,15,16,17). The summed E-state index contributed by atoms with van der Waals surface area (Å²) in [6.07, 6.45) is 1.43. The molecule has 0 saturated heterocycles. The van der Waals surface area contributed by atoms with Gasteiger partial charge in [-0.15, -0.1) is 0 Å². The molecule has 2 aromatic heterocycles. The van der Waals surface area contributed by atoms with Crippen LogP contribution in [0.4, 0.5) is 4.39 Å². The van der Waals surface area contributed by atoms with Gasteiger partial charge in [0.25, 0.3) is 0 Å². The van der Waals surface area contributed by atoms with Gasteiger partial charge in [-0.1, -0.05) is 0 Å². The number of fused-ring (bicyclic) bond motifs is 1. The van der Waals surface area contributed by atoms with Gasteiger partial charge in [0.1, 0.15) is 35.4 Å². The third-order valence-electron chi connectivity index (χ3n) is 2.78. The van der Waals surface area contributed by atoms with Crippen molar-refractivity contribution in [1.29, 1.82) is 0 Å². The Labute approximate surface area is 102 Å². The zero-order valence-electron chi connectivity index (χ0n) is 9.64. The van der Waals surface area contributed by atoms with E-state index in [1.54, 1.807) is 19.2 Å². The Morgan fingerprint density at radius 1 is 1.39 bits per heavy atom. The normalized spacial score (nSPS) is 13.0. The van der Waals surface area contributed by atoms with Crippen molar-refractivity contribution in [2.24, 2.45) is 0 Å². The van der Waals surface area contributed by atoms with Crippen LogP contribution in [0.3, 0.4) is 0 Å². The second-order valence-electron chi connectivity index (χ2n) is 3.92. The fourth-order valence-corrected chi connectivity index (χ4v) is 1.94. The molecule has 92 valence electrons. The summed E-state index contributed by atoms with van der Waals surface area (Å²) in [5, 5.41) is 10.4. The lowest BCUT2D eigenvalue weighted by atomic mass is 10.2. The molecule has 1 aromatic carbocycles. The summed E-state index contributed by atoms with van der Waals surface area (Å²) in [6, 6.07) is 5.99. The average Bonchev–Trinajstić information content (AvgIpc) is 2.98. The van der Waals surface area contributed by atoms with Crippen molar-refractivity contribution in [3.63, 3.8) is 0 Å². The van der Waals surface area contributed by atoms with Crippen molar-refractivity contribution in [3.8, 4) is 0 Å². The van der Waals surface area contributed by atoms with Crippen LogP contribution in [0, 0.1) is 5.82 Å². The van der Waals surface area contributed by atoms with Gasteiger partial charge in [-0.25, -0.2) is 9.37 Å². The van der Waals surface area contributed by atoms with E-state index in [1.807, 2.05) is 0 Å². The number of benzene rings is 1. The first-order valence-electron chi connectivity index (χ1n) is 5.49. The van der Waals surface area contributed by atoms with Crippen LogP contribution < -0.4 is 5.32 Å². The van der Waals surface area contributed by atoms with Crippen molar-refractivity contribution in [2.75, 3.05) is 7.05 Å². The fourth-order valence-electron chi connectivity index (χ4n) is 1.94. The average molecular weight is 246 g/mol. The van der Waals surface area contributed by atoms with Crippen LogP contribution in [0.1, 0.15) is 17.6 Å². The number of halogens is 1. The van der Waals surface area contributed by atoms with E-state index in [0.717, 1.165) is 5.39 Å². The van der Waals surface area contributed by atoms with Gasteiger partial charge >= 0.3 is 0 Å². The Morgan fingerprint density at radius 2 is 2.28 bits per heavy atom. The number of H-pyrrole nitrogens is 1. The fraction of sp³-hybridized carbons (Fsp3) is 0.167. The highest BCUT2D eigenvalue weighted by Crippen LogP contribution is 2.26. The Hall–Kier alpha value is -2.21. The predicted octanol–water partition coefficient (Wildman–Crippen LogP) is 2.00. The molecule has 18 heavy (non-hydrogen) atoms. The molecule has 0 saturated carbocycles. The van der Waals surface area contributed by atoms with Gasteiger partial charge < -0.3 is 9.73 Å². The number of rotatable bonds is 3. The second kappa shape index (κ2) is 4.23. The number of hydrogen-bond acceptors (Lipinski definition) is 4. The van der Waals surface area contributed by atoms with E-state index in [0.29, 0.717) is 17.2 Å². The first kappa shape index (κ1) is 10.9. The van der Waals surface area contributed by atoms with Gasteiger partial charge in [0, 0.05) is 5.39 Å². The number of furan rings is 1. The van der Waals surface area contributed by atoms with Gasteiger partial charge in [0.2, 0.25) is 0 Å². The summed E-state index contributed by atoms with van der Waals surface area (Å²) < 4.78 is 18.8. The highest BCUT2D eigenvalue weighted by Gasteiger charge is 2.19. The number of aromatic nitrogens is 3. The van der Waals surface area contributed by atoms with E-state index in [-0.39, 0.29) is 11.9 Å². The van der Waals surface area contributed by atoms with E-state index in [4.69, 9.17) is 4.42 Å². The molecule has 3 rings (SSSR count). The van der Waals surface area contributed by atoms with Gasteiger partial charge in [-0.3, -0.25) is 5.10 Å². The number of aromatic amines is 1. The van der Waals surface area contributed by atoms with E-state index >= 15 is 0 Å².